The number of fused-ring (bicyclic) bond motifs is 6. The zero-order valence-electron chi connectivity index (χ0n) is 22.3. The Morgan fingerprint density at radius 2 is 1.41 bits per heavy atom. The summed E-state index contributed by atoms with van der Waals surface area (Å²) in [5.41, 5.74) is 9.81. The highest BCUT2D eigenvalue weighted by Crippen LogP contribution is 2.56. The van der Waals surface area contributed by atoms with Crippen molar-refractivity contribution in [2.45, 2.75) is 76.4 Å². The molecule has 1 aliphatic heterocycles. The molecule has 2 aliphatic carbocycles. The van der Waals surface area contributed by atoms with Crippen molar-refractivity contribution < 1.29 is 9.31 Å². The maximum atomic E-state index is 6.45. The van der Waals surface area contributed by atoms with E-state index in [0.29, 0.717) is 0 Å². The fraction of sp³-hybridized carbons (Fsp3) is 0.364. The highest BCUT2D eigenvalue weighted by atomic mass is 16.7. The molecule has 0 amide bonds. The molecule has 0 bridgehead atoms. The van der Waals surface area contributed by atoms with Gasteiger partial charge in [0.25, 0.3) is 0 Å². The van der Waals surface area contributed by atoms with Crippen LogP contribution < -0.4 is 5.46 Å². The van der Waals surface area contributed by atoms with E-state index in [1.54, 1.807) is 0 Å². The summed E-state index contributed by atoms with van der Waals surface area (Å²) in [4.78, 5) is 4.60. The number of aromatic nitrogens is 1. The van der Waals surface area contributed by atoms with E-state index in [-0.39, 0.29) is 23.7 Å². The molecule has 37 heavy (non-hydrogen) atoms. The molecule has 0 N–H and O–H groups in total. The van der Waals surface area contributed by atoms with Crippen LogP contribution >= 0.6 is 0 Å². The van der Waals surface area contributed by atoms with Gasteiger partial charge in [0.15, 0.2) is 0 Å². The van der Waals surface area contributed by atoms with Crippen LogP contribution in [0.4, 0.5) is 0 Å². The Hall–Kier alpha value is -2.95. The lowest BCUT2D eigenvalue weighted by Gasteiger charge is -2.36. The minimum atomic E-state index is -0.343. The molecular formula is C33H34BNO2. The molecule has 0 radical (unpaired) electrons. The third-order valence-electron chi connectivity index (χ3n) is 9.57. The summed E-state index contributed by atoms with van der Waals surface area (Å²) in [7, 11) is -0.335. The summed E-state index contributed by atoms with van der Waals surface area (Å²) < 4.78 is 12.9. The van der Waals surface area contributed by atoms with Crippen LogP contribution in [0.25, 0.3) is 33.2 Å². The van der Waals surface area contributed by atoms with Crippen LogP contribution in [0, 0.1) is 0 Å². The summed E-state index contributed by atoms with van der Waals surface area (Å²) in [6.07, 6.45) is 8.11. The van der Waals surface area contributed by atoms with Crippen LogP contribution in [-0.2, 0) is 14.7 Å². The topological polar surface area (TPSA) is 31.4 Å². The first-order valence-corrected chi connectivity index (χ1v) is 13.8. The summed E-state index contributed by atoms with van der Waals surface area (Å²) in [6, 6.07) is 24.8. The molecule has 3 aromatic carbocycles. The molecule has 7 rings (SSSR count). The van der Waals surface area contributed by atoms with Crippen LogP contribution in [0.5, 0.6) is 0 Å². The Morgan fingerprint density at radius 1 is 0.703 bits per heavy atom. The molecule has 2 fully saturated rings. The second kappa shape index (κ2) is 8.03. The van der Waals surface area contributed by atoms with Crippen LogP contribution in [0.15, 0.2) is 72.9 Å². The van der Waals surface area contributed by atoms with Gasteiger partial charge in [-0.25, -0.2) is 0 Å². The van der Waals surface area contributed by atoms with Crippen LogP contribution in [0.3, 0.4) is 0 Å². The molecule has 1 aromatic heterocycles. The average Bonchev–Trinajstić information content (AvgIpc) is 3.29. The lowest BCUT2D eigenvalue weighted by atomic mass is 9.66. The van der Waals surface area contributed by atoms with Gasteiger partial charge in [0.2, 0.25) is 0 Å². The van der Waals surface area contributed by atoms with Gasteiger partial charge in [-0.05, 0) is 97.6 Å². The van der Waals surface area contributed by atoms with Gasteiger partial charge < -0.3 is 9.31 Å². The van der Waals surface area contributed by atoms with E-state index in [1.165, 1.54) is 70.9 Å². The predicted octanol–water partition coefficient (Wildman–Crippen LogP) is 7.43. The Balaban J connectivity index is 1.37. The molecule has 1 saturated heterocycles. The van der Waals surface area contributed by atoms with Crippen molar-refractivity contribution in [3.63, 3.8) is 0 Å². The van der Waals surface area contributed by atoms with E-state index in [1.807, 2.05) is 12.3 Å². The number of nitrogens with zero attached hydrogens (tertiary/aromatic N) is 1. The Labute approximate surface area is 220 Å². The van der Waals surface area contributed by atoms with Gasteiger partial charge in [-0.1, -0.05) is 67.8 Å². The van der Waals surface area contributed by atoms with Gasteiger partial charge in [0.05, 0.1) is 16.7 Å². The Bertz CT molecular complexity index is 1510. The summed E-state index contributed by atoms with van der Waals surface area (Å²) in [5, 5.41) is 1.21. The highest BCUT2D eigenvalue weighted by Gasteiger charge is 2.52. The van der Waals surface area contributed by atoms with Crippen molar-refractivity contribution in [1.82, 2.24) is 4.98 Å². The van der Waals surface area contributed by atoms with Crippen LogP contribution in [-0.4, -0.2) is 23.3 Å². The van der Waals surface area contributed by atoms with Crippen molar-refractivity contribution in [3.8, 4) is 22.3 Å². The van der Waals surface area contributed by atoms with Crippen molar-refractivity contribution in [1.29, 1.82) is 0 Å². The van der Waals surface area contributed by atoms with E-state index < -0.39 is 0 Å². The third kappa shape index (κ3) is 3.38. The molecule has 1 spiro atoms. The molecule has 1 saturated carbocycles. The lowest BCUT2D eigenvalue weighted by Crippen LogP contribution is -2.41. The highest BCUT2D eigenvalue weighted by molar-refractivity contribution is 6.62. The van der Waals surface area contributed by atoms with Crippen molar-refractivity contribution in [2.24, 2.45) is 0 Å². The Morgan fingerprint density at radius 3 is 2.16 bits per heavy atom. The molecule has 4 heteroatoms. The zero-order chi connectivity index (χ0) is 25.4. The minimum absolute atomic E-state index is 0.0570. The summed E-state index contributed by atoms with van der Waals surface area (Å²) in [6.45, 7) is 8.51. The van der Waals surface area contributed by atoms with Gasteiger partial charge in [-0.15, -0.1) is 0 Å². The van der Waals surface area contributed by atoms with E-state index in [2.05, 4.69) is 93.3 Å². The van der Waals surface area contributed by atoms with Gasteiger partial charge in [-0.2, -0.15) is 0 Å². The van der Waals surface area contributed by atoms with Crippen molar-refractivity contribution in [3.05, 3.63) is 84.1 Å². The molecule has 0 unspecified atom stereocenters. The quantitative estimate of drug-likeness (QED) is 0.276. The van der Waals surface area contributed by atoms with E-state index >= 15 is 0 Å². The maximum Gasteiger partial charge on any atom is 0.494 e. The molecule has 3 aliphatic rings. The van der Waals surface area contributed by atoms with Gasteiger partial charge in [-0.3, -0.25) is 4.98 Å². The van der Waals surface area contributed by atoms with Crippen LogP contribution in [0.1, 0.15) is 70.9 Å². The fourth-order valence-electron chi connectivity index (χ4n) is 6.86. The monoisotopic (exact) mass is 487 g/mol. The first-order chi connectivity index (χ1) is 17.8. The molecule has 0 atom stereocenters. The number of benzene rings is 3. The first kappa shape index (κ1) is 23.2. The third-order valence-corrected chi connectivity index (χ3v) is 9.57. The lowest BCUT2D eigenvalue weighted by molar-refractivity contribution is 0.00578. The van der Waals surface area contributed by atoms with Crippen molar-refractivity contribution in [2.75, 3.05) is 0 Å². The number of rotatable bonds is 2. The van der Waals surface area contributed by atoms with E-state index in [0.717, 1.165) is 11.0 Å². The Kier molecular flexibility index (Phi) is 5.03. The normalized spacial score (nSPS) is 20.8. The first-order valence-electron chi connectivity index (χ1n) is 13.8. The number of hydrogen-bond acceptors (Lipinski definition) is 3. The molecule has 2 heterocycles. The largest absolute Gasteiger partial charge is 0.494 e. The summed E-state index contributed by atoms with van der Waals surface area (Å²) >= 11 is 0. The number of pyridine rings is 1. The average molecular weight is 487 g/mol. The fourth-order valence-corrected chi connectivity index (χ4v) is 6.86. The maximum absolute atomic E-state index is 6.45. The predicted molar refractivity (Wildman–Crippen MR) is 152 cm³/mol. The van der Waals surface area contributed by atoms with Crippen molar-refractivity contribution >= 4 is 23.5 Å². The minimum Gasteiger partial charge on any atom is -0.399 e. The van der Waals surface area contributed by atoms with Gasteiger partial charge >= 0.3 is 7.12 Å². The van der Waals surface area contributed by atoms with Gasteiger partial charge in [0.1, 0.15) is 0 Å². The van der Waals surface area contributed by atoms with E-state index in [9.17, 15) is 0 Å². The smallest absolute Gasteiger partial charge is 0.399 e. The van der Waals surface area contributed by atoms with Gasteiger partial charge in [0, 0.05) is 17.0 Å². The molecular weight excluding hydrogens is 453 g/mol. The zero-order valence-corrected chi connectivity index (χ0v) is 22.3. The SMILES string of the molecule is CC1(C)OB(c2ccc3c(c2)C2(CCCCC2)c2cc(-c4cccc5ncccc45)ccc2-3)OC1(C)C. The molecule has 4 aromatic rings. The van der Waals surface area contributed by atoms with E-state index in [4.69, 9.17) is 9.31 Å². The van der Waals surface area contributed by atoms with Crippen LogP contribution in [0.2, 0.25) is 0 Å². The second-order valence-electron chi connectivity index (χ2n) is 12.2. The second-order valence-corrected chi connectivity index (χ2v) is 12.2. The standard InChI is InChI=1S/C33H34BNO2/c1-31(2)32(3,4)37-34(36-31)23-14-16-26-25-15-13-22(24-10-8-12-30-27(24)11-9-19-35-30)20-28(25)33(29(26)21-23)17-6-5-7-18-33/h8-16,19-21H,5-7,17-18H2,1-4H3. The molecule has 186 valence electrons. The molecule has 3 nitrogen and oxygen atoms in total. The number of hydrogen-bond donors (Lipinski definition) is 0. The summed E-state index contributed by atoms with van der Waals surface area (Å²) in [5.74, 6) is 0.